The fraction of sp³-hybridized carbons (Fsp3) is 0.688. The van der Waals surface area contributed by atoms with Gasteiger partial charge in [0.15, 0.2) is 0 Å². The minimum absolute atomic E-state index is 0.152. The van der Waals surface area contributed by atoms with Gasteiger partial charge in [0.05, 0.1) is 0 Å². The first-order valence-corrected chi connectivity index (χ1v) is 7.38. The highest BCUT2D eigenvalue weighted by atomic mass is 15.2. The van der Waals surface area contributed by atoms with Gasteiger partial charge in [-0.05, 0) is 45.2 Å². The molecule has 1 aliphatic rings. The predicted octanol–water partition coefficient (Wildman–Crippen LogP) is 3.35. The number of nitrogens with zero attached hydrogens (tertiary/aromatic N) is 2. The van der Waals surface area contributed by atoms with Gasteiger partial charge in [-0.15, -0.1) is 0 Å². The molecule has 1 aromatic rings. The van der Waals surface area contributed by atoms with Gasteiger partial charge in [-0.2, -0.15) is 0 Å². The van der Waals surface area contributed by atoms with Crippen LogP contribution in [-0.4, -0.2) is 23.6 Å². The number of hydrogen-bond donors (Lipinski definition) is 1. The molecule has 1 aromatic heterocycles. The zero-order chi connectivity index (χ0) is 13.9. The lowest BCUT2D eigenvalue weighted by Crippen LogP contribution is -2.35. The number of hydrogen-bond acceptors (Lipinski definition) is 3. The molecule has 3 heteroatoms. The van der Waals surface area contributed by atoms with Crippen LogP contribution in [0, 0.1) is 0 Å². The van der Waals surface area contributed by atoms with Crippen LogP contribution in [0.2, 0.25) is 0 Å². The van der Waals surface area contributed by atoms with E-state index >= 15 is 0 Å². The van der Waals surface area contributed by atoms with E-state index in [1.807, 2.05) is 6.20 Å². The molecule has 1 aliphatic carbocycles. The second kappa shape index (κ2) is 5.91. The maximum absolute atomic E-state index is 4.61. The van der Waals surface area contributed by atoms with Crippen LogP contribution in [0.3, 0.4) is 0 Å². The third-order valence-electron chi connectivity index (χ3n) is 3.87. The summed E-state index contributed by atoms with van der Waals surface area (Å²) in [7, 11) is 2.17. The standard InChI is InChI=1S/C16H27N3/c1-16(2,3)18-12-13-9-10-15(17-11-13)19(4)14-7-5-6-8-14/h9-11,14,18H,5-8,12H2,1-4H3. The highest BCUT2D eigenvalue weighted by Gasteiger charge is 2.20. The molecular weight excluding hydrogens is 234 g/mol. The molecule has 2 rings (SSSR count). The van der Waals surface area contributed by atoms with Crippen LogP contribution < -0.4 is 10.2 Å². The van der Waals surface area contributed by atoms with Crippen LogP contribution in [-0.2, 0) is 6.54 Å². The van der Waals surface area contributed by atoms with Crippen molar-refractivity contribution in [3.8, 4) is 0 Å². The fourth-order valence-corrected chi connectivity index (χ4v) is 2.58. The van der Waals surface area contributed by atoms with Gasteiger partial charge in [0.2, 0.25) is 0 Å². The maximum Gasteiger partial charge on any atom is 0.128 e. The summed E-state index contributed by atoms with van der Waals surface area (Å²) >= 11 is 0. The Morgan fingerprint density at radius 2 is 1.95 bits per heavy atom. The molecule has 0 aromatic carbocycles. The molecule has 0 spiro atoms. The Morgan fingerprint density at radius 1 is 1.26 bits per heavy atom. The Labute approximate surface area is 117 Å². The van der Waals surface area contributed by atoms with Gasteiger partial charge in [-0.1, -0.05) is 18.9 Å². The molecule has 19 heavy (non-hydrogen) atoms. The first-order chi connectivity index (χ1) is 8.96. The van der Waals surface area contributed by atoms with E-state index in [0.29, 0.717) is 6.04 Å². The average Bonchev–Trinajstić information content (AvgIpc) is 2.89. The van der Waals surface area contributed by atoms with Crippen molar-refractivity contribution in [2.75, 3.05) is 11.9 Å². The van der Waals surface area contributed by atoms with E-state index in [0.717, 1.165) is 12.4 Å². The quantitative estimate of drug-likeness (QED) is 0.901. The number of anilines is 1. The van der Waals surface area contributed by atoms with Crippen LogP contribution in [0.4, 0.5) is 5.82 Å². The zero-order valence-corrected chi connectivity index (χ0v) is 12.7. The SMILES string of the molecule is CN(c1ccc(CNC(C)(C)C)cn1)C1CCCC1. The minimum Gasteiger partial charge on any atom is -0.357 e. The fourth-order valence-electron chi connectivity index (χ4n) is 2.58. The number of rotatable bonds is 4. The van der Waals surface area contributed by atoms with Gasteiger partial charge in [0, 0.05) is 31.4 Å². The number of aromatic nitrogens is 1. The van der Waals surface area contributed by atoms with Gasteiger partial charge in [-0.25, -0.2) is 4.98 Å². The molecule has 1 N–H and O–H groups in total. The molecule has 1 fully saturated rings. The summed E-state index contributed by atoms with van der Waals surface area (Å²) in [5.74, 6) is 1.10. The van der Waals surface area contributed by atoms with E-state index < -0.39 is 0 Å². The smallest absolute Gasteiger partial charge is 0.128 e. The lowest BCUT2D eigenvalue weighted by molar-refractivity contribution is 0.424. The van der Waals surface area contributed by atoms with Gasteiger partial charge in [0.25, 0.3) is 0 Å². The summed E-state index contributed by atoms with van der Waals surface area (Å²) in [6, 6.07) is 5.02. The first kappa shape index (κ1) is 14.3. The first-order valence-electron chi connectivity index (χ1n) is 7.38. The van der Waals surface area contributed by atoms with E-state index in [2.05, 4.69) is 55.2 Å². The monoisotopic (exact) mass is 261 g/mol. The summed E-state index contributed by atoms with van der Waals surface area (Å²) in [5, 5.41) is 3.49. The summed E-state index contributed by atoms with van der Waals surface area (Å²) in [5.41, 5.74) is 1.40. The summed E-state index contributed by atoms with van der Waals surface area (Å²) in [4.78, 5) is 6.95. The van der Waals surface area contributed by atoms with E-state index in [1.165, 1.54) is 31.2 Å². The van der Waals surface area contributed by atoms with E-state index in [4.69, 9.17) is 0 Å². The largest absolute Gasteiger partial charge is 0.357 e. The predicted molar refractivity (Wildman–Crippen MR) is 81.5 cm³/mol. The molecule has 106 valence electrons. The van der Waals surface area contributed by atoms with E-state index in [9.17, 15) is 0 Å². The molecule has 0 bridgehead atoms. The average molecular weight is 261 g/mol. The Hall–Kier alpha value is -1.09. The van der Waals surface area contributed by atoms with Crippen molar-refractivity contribution in [1.82, 2.24) is 10.3 Å². The third-order valence-corrected chi connectivity index (χ3v) is 3.87. The lowest BCUT2D eigenvalue weighted by atomic mass is 10.1. The van der Waals surface area contributed by atoms with Crippen molar-refractivity contribution < 1.29 is 0 Å². The van der Waals surface area contributed by atoms with Crippen molar-refractivity contribution in [3.05, 3.63) is 23.9 Å². The van der Waals surface area contributed by atoms with E-state index in [1.54, 1.807) is 0 Å². The highest BCUT2D eigenvalue weighted by Crippen LogP contribution is 2.25. The van der Waals surface area contributed by atoms with Crippen molar-refractivity contribution in [3.63, 3.8) is 0 Å². The number of pyridine rings is 1. The Balaban J connectivity index is 1.94. The Bertz CT molecular complexity index is 385. The Kier molecular flexibility index (Phi) is 4.46. The molecule has 0 aliphatic heterocycles. The second-order valence-electron chi connectivity index (χ2n) is 6.68. The number of nitrogens with one attached hydrogen (secondary N) is 1. The van der Waals surface area contributed by atoms with Crippen molar-refractivity contribution >= 4 is 5.82 Å². The zero-order valence-electron chi connectivity index (χ0n) is 12.7. The lowest BCUT2D eigenvalue weighted by Gasteiger charge is -2.25. The molecule has 3 nitrogen and oxygen atoms in total. The van der Waals surface area contributed by atoms with Crippen LogP contribution in [0.5, 0.6) is 0 Å². The maximum atomic E-state index is 4.61. The molecule has 0 radical (unpaired) electrons. The van der Waals surface area contributed by atoms with Crippen LogP contribution in [0.1, 0.15) is 52.0 Å². The molecule has 0 unspecified atom stereocenters. The Morgan fingerprint density at radius 3 is 2.47 bits per heavy atom. The molecule has 0 atom stereocenters. The van der Waals surface area contributed by atoms with Crippen molar-refractivity contribution in [1.29, 1.82) is 0 Å². The molecule has 1 saturated carbocycles. The van der Waals surface area contributed by atoms with Gasteiger partial charge >= 0.3 is 0 Å². The topological polar surface area (TPSA) is 28.2 Å². The normalized spacial score (nSPS) is 16.8. The van der Waals surface area contributed by atoms with Gasteiger partial charge in [-0.3, -0.25) is 0 Å². The summed E-state index contributed by atoms with van der Waals surface area (Å²) in [6.45, 7) is 7.43. The minimum atomic E-state index is 0.152. The van der Waals surface area contributed by atoms with Crippen molar-refractivity contribution in [2.24, 2.45) is 0 Å². The second-order valence-corrected chi connectivity index (χ2v) is 6.68. The van der Waals surface area contributed by atoms with Crippen molar-refractivity contribution in [2.45, 2.75) is 64.6 Å². The highest BCUT2D eigenvalue weighted by molar-refractivity contribution is 5.39. The molecule has 0 saturated heterocycles. The molecular formula is C16H27N3. The molecule has 0 amide bonds. The summed E-state index contributed by atoms with van der Waals surface area (Å²) < 4.78 is 0. The van der Waals surface area contributed by atoms with Crippen LogP contribution in [0.15, 0.2) is 18.3 Å². The van der Waals surface area contributed by atoms with Gasteiger partial charge < -0.3 is 10.2 Å². The van der Waals surface area contributed by atoms with Gasteiger partial charge in [0.1, 0.15) is 5.82 Å². The third kappa shape index (κ3) is 4.20. The summed E-state index contributed by atoms with van der Waals surface area (Å²) in [6.07, 6.45) is 7.35. The molecule has 1 heterocycles. The van der Waals surface area contributed by atoms with Crippen LogP contribution in [0.25, 0.3) is 0 Å². The van der Waals surface area contributed by atoms with E-state index in [-0.39, 0.29) is 5.54 Å². The van der Waals surface area contributed by atoms with Crippen LogP contribution >= 0.6 is 0 Å².